The van der Waals surface area contributed by atoms with E-state index in [1.165, 1.54) is 6.20 Å². The van der Waals surface area contributed by atoms with Gasteiger partial charge in [0.25, 0.3) is 5.91 Å². The SMILES string of the molecule is O=C(NC1(CO)CCOCC1)c1ccn[nH]1. The molecule has 0 aliphatic carbocycles. The minimum atomic E-state index is -0.555. The summed E-state index contributed by atoms with van der Waals surface area (Å²) >= 11 is 0. The second kappa shape index (κ2) is 4.63. The Hall–Kier alpha value is -1.40. The molecular formula is C10H15N3O3. The molecule has 0 saturated carbocycles. The number of H-pyrrole nitrogens is 1. The smallest absolute Gasteiger partial charge is 0.269 e. The molecule has 3 N–H and O–H groups in total. The maximum Gasteiger partial charge on any atom is 0.269 e. The number of nitrogens with one attached hydrogen (secondary N) is 2. The molecule has 88 valence electrons. The van der Waals surface area contributed by atoms with Crippen LogP contribution in [0.2, 0.25) is 0 Å². The van der Waals surface area contributed by atoms with Crippen LogP contribution in [0.5, 0.6) is 0 Å². The first-order valence-electron chi connectivity index (χ1n) is 5.26. The maximum absolute atomic E-state index is 11.8. The lowest BCUT2D eigenvalue weighted by atomic mass is 9.91. The van der Waals surface area contributed by atoms with Crippen molar-refractivity contribution in [3.8, 4) is 0 Å². The van der Waals surface area contributed by atoms with Gasteiger partial charge in [-0.2, -0.15) is 5.10 Å². The van der Waals surface area contributed by atoms with E-state index in [-0.39, 0.29) is 12.5 Å². The lowest BCUT2D eigenvalue weighted by Crippen LogP contribution is -2.54. The van der Waals surface area contributed by atoms with E-state index >= 15 is 0 Å². The minimum Gasteiger partial charge on any atom is -0.394 e. The van der Waals surface area contributed by atoms with E-state index < -0.39 is 5.54 Å². The van der Waals surface area contributed by atoms with Gasteiger partial charge in [-0.05, 0) is 18.9 Å². The highest BCUT2D eigenvalue weighted by molar-refractivity contribution is 5.92. The van der Waals surface area contributed by atoms with Crippen molar-refractivity contribution in [3.63, 3.8) is 0 Å². The van der Waals surface area contributed by atoms with Crippen LogP contribution in [0.4, 0.5) is 0 Å². The monoisotopic (exact) mass is 225 g/mol. The summed E-state index contributed by atoms with van der Waals surface area (Å²) in [4.78, 5) is 11.8. The van der Waals surface area contributed by atoms with Gasteiger partial charge in [-0.3, -0.25) is 9.89 Å². The summed E-state index contributed by atoms with van der Waals surface area (Å²) in [5.41, 5.74) is -0.153. The van der Waals surface area contributed by atoms with Crippen molar-refractivity contribution in [1.82, 2.24) is 15.5 Å². The van der Waals surface area contributed by atoms with Crippen LogP contribution in [-0.4, -0.2) is 46.6 Å². The van der Waals surface area contributed by atoms with E-state index in [1.807, 2.05) is 0 Å². The van der Waals surface area contributed by atoms with Crippen molar-refractivity contribution in [2.45, 2.75) is 18.4 Å². The number of nitrogens with zero attached hydrogens (tertiary/aromatic N) is 1. The van der Waals surface area contributed by atoms with Gasteiger partial charge in [-0.1, -0.05) is 0 Å². The predicted octanol–water partition coefficient (Wildman–Crippen LogP) is -0.319. The molecule has 0 atom stereocenters. The summed E-state index contributed by atoms with van der Waals surface area (Å²) < 4.78 is 5.22. The van der Waals surface area contributed by atoms with E-state index in [1.54, 1.807) is 6.07 Å². The number of aromatic amines is 1. The number of hydrogen-bond donors (Lipinski definition) is 3. The molecule has 0 aromatic carbocycles. The van der Waals surface area contributed by atoms with Crippen molar-refractivity contribution in [3.05, 3.63) is 18.0 Å². The lowest BCUT2D eigenvalue weighted by molar-refractivity contribution is 0.0124. The van der Waals surface area contributed by atoms with Crippen LogP contribution in [0.1, 0.15) is 23.3 Å². The van der Waals surface area contributed by atoms with Crippen molar-refractivity contribution in [1.29, 1.82) is 0 Å². The Balaban J connectivity index is 2.03. The van der Waals surface area contributed by atoms with Crippen LogP contribution in [0.3, 0.4) is 0 Å². The Labute approximate surface area is 93.0 Å². The Morgan fingerprint density at radius 1 is 1.62 bits per heavy atom. The molecule has 0 unspecified atom stereocenters. The Kier molecular flexibility index (Phi) is 3.21. The van der Waals surface area contributed by atoms with E-state index in [4.69, 9.17) is 4.74 Å². The standard InChI is InChI=1S/C10H15N3O3/c14-7-10(2-5-16-6-3-10)12-9(15)8-1-4-11-13-8/h1,4,14H,2-3,5-7H2,(H,11,13)(H,12,15). The zero-order valence-electron chi connectivity index (χ0n) is 8.90. The molecule has 1 aromatic rings. The second-order valence-electron chi connectivity index (χ2n) is 3.98. The number of rotatable bonds is 3. The van der Waals surface area contributed by atoms with Gasteiger partial charge in [-0.15, -0.1) is 0 Å². The predicted molar refractivity (Wildman–Crippen MR) is 55.9 cm³/mol. The first-order chi connectivity index (χ1) is 7.76. The number of aliphatic hydroxyl groups is 1. The quantitative estimate of drug-likeness (QED) is 0.658. The van der Waals surface area contributed by atoms with Crippen LogP contribution in [0.15, 0.2) is 12.3 Å². The Morgan fingerprint density at radius 3 is 2.94 bits per heavy atom. The third-order valence-corrected chi connectivity index (χ3v) is 2.88. The molecule has 1 amide bonds. The highest BCUT2D eigenvalue weighted by Crippen LogP contribution is 2.20. The molecule has 6 heteroatoms. The third-order valence-electron chi connectivity index (χ3n) is 2.88. The molecule has 0 spiro atoms. The van der Waals surface area contributed by atoms with Crippen LogP contribution in [0.25, 0.3) is 0 Å². The van der Waals surface area contributed by atoms with Gasteiger partial charge in [0.1, 0.15) is 5.69 Å². The molecule has 1 aliphatic rings. The van der Waals surface area contributed by atoms with E-state index in [0.717, 1.165) is 0 Å². The lowest BCUT2D eigenvalue weighted by Gasteiger charge is -2.36. The fraction of sp³-hybridized carbons (Fsp3) is 0.600. The number of ether oxygens (including phenoxy) is 1. The molecule has 1 saturated heterocycles. The topological polar surface area (TPSA) is 87.2 Å². The second-order valence-corrected chi connectivity index (χ2v) is 3.98. The van der Waals surface area contributed by atoms with Gasteiger partial charge < -0.3 is 15.2 Å². The molecule has 2 heterocycles. The summed E-state index contributed by atoms with van der Waals surface area (Å²) in [6.45, 7) is 1.05. The van der Waals surface area contributed by atoms with E-state index in [2.05, 4.69) is 15.5 Å². The van der Waals surface area contributed by atoms with Crippen LogP contribution in [0, 0.1) is 0 Å². The van der Waals surface area contributed by atoms with E-state index in [0.29, 0.717) is 31.7 Å². The molecule has 16 heavy (non-hydrogen) atoms. The fourth-order valence-electron chi connectivity index (χ4n) is 1.78. The average Bonchev–Trinajstić information content (AvgIpc) is 2.84. The molecule has 1 aromatic heterocycles. The number of carbonyl (C=O) groups is 1. The van der Waals surface area contributed by atoms with Crippen molar-refractivity contribution in [2.75, 3.05) is 19.8 Å². The van der Waals surface area contributed by atoms with Crippen molar-refractivity contribution in [2.24, 2.45) is 0 Å². The van der Waals surface area contributed by atoms with Crippen LogP contribution < -0.4 is 5.32 Å². The molecule has 6 nitrogen and oxygen atoms in total. The zero-order chi connectivity index (χ0) is 11.4. The number of carbonyl (C=O) groups excluding carboxylic acids is 1. The largest absolute Gasteiger partial charge is 0.394 e. The van der Waals surface area contributed by atoms with Gasteiger partial charge in [0.2, 0.25) is 0 Å². The van der Waals surface area contributed by atoms with Gasteiger partial charge in [0, 0.05) is 19.4 Å². The van der Waals surface area contributed by atoms with Crippen molar-refractivity contribution >= 4 is 5.91 Å². The first-order valence-corrected chi connectivity index (χ1v) is 5.26. The first kappa shape index (κ1) is 11.1. The van der Waals surface area contributed by atoms with Crippen LogP contribution in [-0.2, 0) is 4.74 Å². The van der Waals surface area contributed by atoms with Crippen LogP contribution >= 0.6 is 0 Å². The minimum absolute atomic E-state index is 0.0732. The van der Waals surface area contributed by atoms with Gasteiger partial charge in [-0.25, -0.2) is 0 Å². The number of aromatic nitrogens is 2. The molecule has 0 bridgehead atoms. The summed E-state index contributed by atoms with van der Waals surface area (Å²) in [7, 11) is 0. The molecule has 2 rings (SSSR count). The summed E-state index contributed by atoms with van der Waals surface area (Å²) in [6, 6.07) is 1.60. The fourth-order valence-corrected chi connectivity index (χ4v) is 1.78. The Bertz CT molecular complexity index is 344. The Morgan fingerprint density at radius 2 is 2.38 bits per heavy atom. The highest BCUT2D eigenvalue weighted by Gasteiger charge is 2.33. The van der Waals surface area contributed by atoms with Crippen molar-refractivity contribution < 1.29 is 14.6 Å². The number of aliphatic hydroxyl groups excluding tert-OH is 1. The van der Waals surface area contributed by atoms with Gasteiger partial charge in [0.05, 0.1) is 12.1 Å². The normalized spacial score (nSPS) is 19.3. The average molecular weight is 225 g/mol. The highest BCUT2D eigenvalue weighted by atomic mass is 16.5. The molecule has 1 aliphatic heterocycles. The summed E-state index contributed by atoms with van der Waals surface area (Å²) in [6.07, 6.45) is 2.78. The third kappa shape index (κ3) is 2.23. The number of amides is 1. The summed E-state index contributed by atoms with van der Waals surface area (Å²) in [5, 5.41) is 18.5. The zero-order valence-corrected chi connectivity index (χ0v) is 8.90. The molecule has 1 fully saturated rings. The van der Waals surface area contributed by atoms with E-state index in [9.17, 15) is 9.90 Å². The summed E-state index contributed by atoms with van der Waals surface area (Å²) in [5.74, 6) is -0.242. The van der Waals surface area contributed by atoms with Gasteiger partial charge in [0.15, 0.2) is 0 Å². The molecular weight excluding hydrogens is 210 g/mol. The maximum atomic E-state index is 11.8. The van der Waals surface area contributed by atoms with Gasteiger partial charge >= 0.3 is 0 Å². The molecule has 0 radical (unpaired) electrons. The number of hydrogen-bond acceptors (Lipinski definition) is 4.